The molecule has 2 fully saturated rings. The van der Waals surface area contributed by atoms with E-state index in [1.54, 1.807) is 12.1 Å². The molecule has 22 heavy (non-hydrogen) atoms. The molecule has 0 saturated carbocycles. The summed E-state index contributed by atoms with van der Waals surface area (Å²) in [6.07, 6.45) is 2.41. The molecule has 2 saturated heterocycles. The average Bonchev–Trinajstić information content (AvgIpc) is 2.71. The third kappa shape index (κ3) is 2.59. The minimum absolute atomic E-state index is 0.120. The van der Waals surface area contributed by atoms with E-state index in [0.29, 0.717) is 5.02 Å². The molecule has 0 radical (unpaired) electrons. The Kier molecular flexibility index (Phi) is 3.87. The summed E-state index contributed by atoms with van der Waals surface area (Å²) in [7, 11) is 1.99. The summed E-state index contributed by atoms with van der Waals surface area (Å²) >= 11 is 5.79. The van der Waals surface area contributed by atoms with Gasteiger partial charge in [0.2, 0.25) is 0 Å². The van der Waals surface area contributed by atoms with Crippen LogP contribution in [-0.2, 0) is 9.53 Å². The number of carboxylic acids is 1. The first-order valence-corrected chi connectivity index (χ1v) is 7.71. The van der Waals surface area contributed by atoms with Gasteiger partial charge in [0.1, 0.15) is 0 Å². The maximum absolute atomic E-state index is 12.3. The van der Waals surface area contributed by atoms with Crippen LogP contribution in [0.1, 0.15) is 36.0 Å². The largest absolute Gasteiger partial charge is 0.546 e. The number of rotatable bonds is 3. The third-order valence-electron chi connectivity index (χ3n) is 4.86. The Balaban J connectivity index is 1.82. The Morgan fingerprint density at radius 2 is 1.77 bits per heavy atom. The third-order valence-corrected chi connectivity index (χ3v) is 5.11. The molecule has 2 aliphatic rings. The minimum atomic E-state index is -1.53. The van der Waals surface area contributed by atoms with Crippen LogP contribution in [0, 0.1) is 0 Å². The van der Waals surface area contributed by atoms with Crippen molar-refractivity contribution in [2.24, 2.45) is 0 Å². The molecule has 6 heteroatoms. The van der Waals surface area contributed by atoms with Crippen molar-refractivity contribution in [1.82, 2.24) is 4.90 Å². The van der Waals surface area contributed by atoms with Crippen LogP contribution in [0.3, 0.4) is 0 Å². The SMILES string of the molecule is CN1C2CCC1CC(OC(=O)c1ccc(Cl)cc1)(C(=O)[O-])C2. The molecule has 0 spiro atoms. The number of aliphatic carboxylic acids is 1. The topological polar surface area (TPSA) is 69.7 Å². The van der Waals surface area contributed by atoms with Gasteiger partial charge in [0, 0.05) is 29.9 Å². The van der Waals surface area contributed by atoms with Gasteiger partial charge < -0.3 is 19.5 Å². The van der Waals surface area contributed by atoms with Gasteiger partial charge in [-0.3, -0.25) is 0 Å². The van der Waals surface area contributed by atoms with Crippen LogP contribution in [0.15, 0.2) is 24.3 Å². The maximum atomic E-state index is 12.3. The van der Waals surface area contributed by atoms with Gasteiger partial charge in [0.25, 0.3) is 0 Å². The van der Waals surface area contributed by atoms with Crippen molar-refractivity contribution in [2.45, 2.75) is 43.4 Å². The fourth-order valence-corrected chi connectivity index (χ4v) is 3.67. The van der Waals surface area contributed by atoms with Crippen LogP contribution in [0.2, 0.25) is 5.02 Å². The molecule has 118 valence electrons. The van der Waals surface area contributed by atoms with Crippen LogP contribution in [0.25, 0.3) is 0 Å². The second-order valence-electron chi connectivity index (χ2n) is 6.14. The van der Waals surface area contributed by atoms with Gasteiger partial charge in [-0.1, -0.05) is 11.6 Å². The second kappa shape index (κ2) is 5.56. The van der Waals surface area contributed by atoms with E-state index in [0.717, 1.165) is 12.8 Å². The van der Waals surface area contributed by atoms with Crippen LogP contribution in [0.5, 0.6) is 0 Å². The molecule has 1 aromatic rings. The highest BCUT2D eigenvalue weighted by molar-refractivity contribution is 6.30. The van der Waals surface area contributed by atoms with Crippen molar-refractivity contribution in [3.63, 3.8) is 0 Å². The normalized spacial score (nSPS) is 31.0. The molecule has 5 nitrogen and oxygen atoms in total. The summed E-state index contributed by atoms with van der Waals surface area (Å²) in [5, 5.41) is 12.2. The average molecular weight is 323 g/mol. The number of carbonyl (C=O) groups excluding carboxylic acids is 2. The zero-order valence-electron chi connectivity index (χ0n) is 12.3. The summed E-state index contributed by atoms with van der Waals surface area (Å²) in [6, 6.07) is 6.43. The first-order valence-electron chi connectivity index (χ1n) is 7.33. The Morgan fingerprint density at radius 3 is 2.27 bits per heavy atom. The standard InChI is InChI=1S/C16H18ClNO4/c1-18-12-6-7-13(18)9-16(8-12,15(20)21)22-14(19)10-2-4-11(17)5-3-10/h2-5,12-13H,6-9H2,1H3,(H,20,21)/p-1. The smallest absolute Gasteiger partial charge is 0.339 e. The summed E-state index contributed by atoms with van der Waals surface area (Å²) < 4.78 is 5.42. The molecule has 2 atom stereocenters. The number of nitrogens with zero attached hydrogens (tertiary/aromatic N) is 1. The molecule has 0 aliphatic carbocycles. The fourth-order valence-electron chi connectivity index (χ4n) is 3.54. The molecule has 2 heterocycles. The van der Waals surface area contributed by atoms with Gasteiger partial charge in [-0.15, -0.1) is 0 Å². The Hall–Kier alpha value is -1.59. The number of hydrogen-bond donors (Lipinski definition) is 0. The van der Waals surface area contributed by atoms with Crippen LogP contribution < -0.4 is 5.11 Å². The first kappa shape index (κ1) is 15.3. The summed E-state index contributed by atoms with van der Waals surface area (Å²) in [5.41, 5.74) is -1.24. The van der Waals surface area contributed by atoms with Crippen molar-refractivity contribution in [1.29, 1.82) is 0 Å². The number of piperidine rings is 1. The molecule has 1 aromatic carbocycles. The monoisotopic (exact) mass is 322 g/mol. The van der Waals surface area contributed by atoms with Crippen molar-refractivity contribution in [3.8, 4) is 0 Å². The lowest BCUT2D eigenvalue weighted by Crippen LogP contribution is -2.59. The van der Waals surface area contributed by atoms with E-state index in [-0.39, 0.29) is 30.5 Å². The zero-order chi connectivity index (χ0) is 15.9. The predicted molar refractivity (Wildman–Crippen MR) is 78.4 cm³/mol. The lowest BCUT2D eigenvalue weighted by Gasteiger charge is -2.45. The number of hydrogen-bond acceptors (Lipinski definition) is 5. The summed E-state index contributed by atoms with van der Waals surface area (Å²) in [6.45, 7) is 0. The minimum Gasteiger partial charge on any atom is -0.546 e. The van der Waals surface area contributed by atoms with Crippen LogP contribution in [-0.4, -0.2) is 41.6 Å². The van der Waals surface area contributed by atoms with Crippen molar-refractivity contribution < 1.29 is 19.4 Å². The van der Waals surface area contributed by atoms with E-state index in [1.165, 1.54) is 12.1 Å². The van der Waals surface area contributed by atoms with E-state index in [4.69, 9.17) is 16.3 Å². The predicted octanol–water partition coefficient (Wildman–Crippen LogP) is 1.24. The number of fused-ring (bicyclic) bond motifs is 2. The number of carboxylic acid groups (broad SMARTS) is 1. The summed E-state index contributed by atoms with van der Waals surface area (Å²) in [4.78, 5) is 26.2. The number of carbonyl (C=O) groups is 2. The highest BCUT2D eigenvalue weighted by Crippen LogP contribution is 2.41. The van der Waals surface area contributed by atoms with Crippen LogP contribution >= 0.6 is 11.6 Å². The Bertz CT molecular complexity index is 587. The van der Waals surface area contributed by atoms with Crippen molar-refractivity contribution in [3.05, 3.63) is 34.9 Å². The molecular formula is C16H17ClNO4-. The highest BCUT2D eigenvalue weighted by atomic mass is 35.5. The molecule has 2 bridgehead atoms. The molecular weight excluding hydrogens is 306 g/mol. The van der Waals surface area contributed by atoms with Gasteiger partial charge in [-0.2, -0.15) is 0 Å². The summed E-state index contributed by atoms with van der Waals surface area (Å²) in [5.74, 6) is -1.95. The number of halogens is 1. The van der Waals surface area contributed by atoms with E-state index in [1.807, 2.05) is 7.05 Å². The number of benzene rings is 1. The van der Waals surface area contributed by atoms with E-state index in [9.17, 15) is 14.7 Å². The fraction of sp³-hybridized carbons (Fsp3) is 0.500. The molecule has 0 amide bonds. The van der Waals surface area contributed by atoms with Crippen LogP contribution in [0.4, 0.5) is 0 Å². The van der Waals surface area contributed by atoms with E-state index >= 15 is 0 Å². The molecule has 0 N–H and O–H groups in total. The molecule has 2 aliphatic heterocycles. The van der Waals surface area contributed by atoms with E-state index < -0.39 is 17.5 Å². The van der Waals surface area contributed by atoms with Gasteiger partial charge in [0.15, 0.2) is 5.60 Å². The number of ether oxygens (including phenoxy) is 1. The second-order valence-corrected chi connectivity index (χ2v) is 6.57. The van der Waals surface area contributed by atoms with Gasteiger partial charge in [-0.25, -0.2) is 4.79 Å². The highest BCUT2D eigenvalue weighted by Gasteiger charge is 2.50. The first-order chi connectivity index (χ1) is 10.4. The molecule has 3 rings (SSSR count). The maximum Gasteiger partial charge on any atom is 0.339 e. The van der Waals surface area contributed by atoms with Gasteiger partial charge in [-0.05, 0) is 44.2 Å². The van der Waals surface area contributed by atoms with Gasteiger partial charge in [0.05, 0.1) is 11.5 Å². The molecule has 0 aromatic heterocycles. The number of esters is 1. The van der Waals surface area contributed by atoms with Crippen molar-refractivity contribution >= 4 is 23.5 Å². The lowest BCUT2D eigenvalue weighted by atomic mass is 9.86. The molecule has 2 unspecified atom stereocenters. The van der Waals surface area contributed by atoms with Gasteiger partial charge >= 0.3 is 5.97 Å². The Morgan fingerprint density at radius 1 is 1.23 bits per heavy atom. The Labute approximate surface area is 133 Å². The quantitative estimate of drug-likeness (QED) is 0.783. The lowest BCUT2D eigenvalue weighted by molar-refractivity contribution is -0.327. The van der Waals surface area contributed by atoms with Crippen molar-refractivity contribution in [2.75, 3.05) is 7.05 Å². The van der Waals surface area contributed by atoms with E-state index in [2.05, 4.69) is 4.90 Å². The zero-order valence-corrected chi connectivity index (χ0v) is 13.0.